The third kappa shape index (κ3) is 5.19. The third-order valence-electron chi connectivity index (χ3n) is 2.78. The molecule has 0 unspecified atom stereocenters. The lowest BCUT2D eigenvalue weighted by Crippen LogP contribution is -2.17. The van der Waals surface area contributed by atoms with Gasteiger partial charge >= 0.3 is 0 Å². The minimum Gasteiger partial charge on any atom is -0.312 e. The van der Waals surface area contributed by atoms with Gasteiger partial charge in [-0.3, -0.25) is 0 Å². The van der Waals surface area contributed by atoms with Gasteiger partial charge in [0.2, 0.25) is 0 Å². The second kappa shape index (κ2) is 8.16. The van der Waals surface area contributed by atoms with E-state index in [1.807, 2.05) is 30.3 Å². The van der Waals surface area contributed by atoms with E-state index in [0.29, 0.717) is 12.1 Å². The fourth-order valence-electron chi connectivity index (χ4n) is 1.75. The molecule has 0 aliphatic carbocycles. The SMILES string of the molecule is Cl.Fc1ccccc1CNCCc1ccc(Cl)cc1. The van der Waals surface area contributed by atoms with Crippen molar-refractivity contribution in [3.05, 3.63) is 70.5 Å². The number of nitrogens with one attached hydrogen (secondary N) is 1. The Bertz CT molecular complexity index is 500. The van der Waals surface area contributed by atoms with Gasteiger partial charge in [-0.2, -0.15) is 0 Å². The summed E-state index contributed by atoms with van der Waals surface area (Å²) in [6.45, 7) is 1.37. The average Bonchev–Trinajstić information content (AvgIpc) is 2.39. The van der Waals surface area contributed by atoms with E-state index in [4.69, 9.17) is 11.6 Å². The van der Waals surface area contributed by atoms with Crippen LogP contribution >= 0.6 is 24.0 Å². The van der Waals surface area contributed by atoms with Gasteiger partial charge in [-0.1, -0.05) is 41.9 Å². The maximum Gasteiger partial charge on any atom is 0.127 e. The van der Waals surface area contributed by atoms with Crippen molar-refractivity contribution in [1.29, 1.82) is 0 Å². The first-order valence-electron chi connectivity index (χ1n) is 5.94. The zero-order valence-electron chi connectivity index (χ0n) is 10.4. The van der Waals surface area contributed by atoms with Crippen LogP contribution in [0.1, 0.15) is 11.1 Å². The minimum absolute atomic E-state index is 0. The van der Waals surface area contributed by atoms with Gasteiger partial charge in [0.05, 0.1) is 0 Å². The monoisotopic (exact) mass is 299 g/mol. The molecule has 19 heavy (non-hydrogen) atoms. The molecule has 0 saturated heterocycles. The quantitative estimate of drug-likeness (QED) is 0.815. The summed E-state index contributed by atoms with van der Waals surface area (Å²) in [4.78, 5) is 0. The molecule has 0 bridgehead atoms. The maximum atomic E-state index is 13.3. The van der Waals surface area contributed by atoms with E-state index in [2.05, 4.69) is 5.32 Å². The molecule has 0 radical (unpaired) electrons. The largest absolute Gasteiger partial charge is 0.312 e. The summed E-state index contributed by atoms with van der Waals surface area (Å²) in [6.07, 6.45) is 0.908. The van der Waals surface area contributed by atoms with Gasteiger partial charge in [0.15, 0.2) is 0 Å². The van der Waals surface area contributed by atoms with E-state index >= 15 is 0 Å². The topological polar surface area (TPSA) is 12.0 Å². The van der Waals surface area contributed by atoms with Crippen LogP contribution in [-0.4, -0.2) is 6.54 Å². The molecule has 2 rings (SSSR count). The molecule has 0 atom stereocenters. The summed E-state index contributed by atoms with van der Waals surface area (Å²) in [5.41, 5.74) is 1.93. The van der Waals surface area contributed by atoms with Crippen LogP contribution in [0.25, 0.3) is 0 Å². The Hall–Kier alpha value is -1.09. The predicted octanol–water partition coefficient (Wildman–Crippen LogP) is 4.23. The minimum atomic E-state index is -0.156. The Morgan fingerprint density at radius 1 is 1.00 bits per heavy atom. The first-order chi connectivity index (χ1) is 8.75. The van der Waals surface area contributed by atoms with Crippen molar-refractivity contribution >= 4 is 24.0 Å². The highest BCUT2D eigenvalue weighted by molar-refractivity contribution is 6.30. The Labute approximate surface area is 124 Å². The normalized spacial score (nSPS) is 10.0. The van der Waals surface area contributed by atoms with E-state index in [-0.39, 0.29) is 18.2 Å². The van der Waals surface area contributed by atoms with Crippen molar-refractivity contribution in [2.45, 2.75) is 13.0 Å². The molecular formula is C15H16Cl2FN. The zero-order valence-corrected chi connectivity index (χ0v) is 12.0. The summed E-state index contributed by atoms with van der Waals surface area (Å²) in [6, 6.07) is 14.6. The van der Waals surface area contributed by atoms with Crippen LogP contribution in [-0.2, 0) is 13.0 Å². The molecule has 2 aromatic carbocycles. The maximum absolute atomic E-state index is 13.3. The second-order valence-corrected chi connectivity index (χ2v) is 4.58. The van der Waals surface area contributed by atoms with Gasteiger partial charge in [0.1, 0.15) is 5.82 Å². The first kappa shape index (κ1) is 16.0. The highest BCUT2D eigenvalue weighted by Gasteiger charge is 1.99. The molecular weight excluding hydrogens is 284 g/mol. The molecule has 1 N–H and O–H groups in total. The summed E-state index contributed by atoms with van der Waals surface area (Å²) in [5.74, 6) is -0.156. The van der Waals surface area contributed by atoms with E-state index < -0.39 is 0 Å². The van der Waals surface area contributed by atoms with Crippen LogP contribution in [0.5, 0.6) is 0 Å². The predicted molar refractivity (Wildman–Crippen MR) is 80.5 cm³/mol. The summed E-state index contributed by atoms with van der Waals surface area (Å²) in [5, 5.41) is 3.98. The summed E-state index contributed by atoms with van der Waals surface area (Å²) in [7, 11) is 0. The van der Waals surface area contributed by atoms with Crippen LogP contribution in [0.2, 0.25) is 5.02 Å². The Balaban J connectivity index is 0.00000180. The van der Waals surface area contributed by atoms with E-state index in [1.165, 1.54) is 11.6 Å². The van der Waals surface area contributed by atoms with Gasteiger partial charge in [-0.15, -0.1) is 12.4 Å². The van der Waals surface area contributed by atoms with Gasteiger partial charge in [-0.05, 0) is 36.7 Å². The molecule has 0 aromatic heterocycles. The number of rotatable bonds is 5. The second-order valence-electron chi connectivity index (χ2n) is 4.14. The number of hydrogen-bond donors (Lipinski definition) is 1. The van der Waals surface area contributed by atoms with Crippen molar-refractivity contribution in [2.24, 2.45) is 0 Å². The Morgan fingerprint density at radius 3 is 2.37 bits per heavy atom. The van der Waals surface area contributed by atoms with Crippen LogP contribution in [0.15, 0.2) is 48.5 Å². The molecule has 0 heterocycles. The van der Waals surface area contributed by atoms with Crippen molar-refractivity contribution < 1.29 is 4.39 Å². The summed E-state index contributed by atoms with van der Waals surface area (Å²) >= 11 is 5.81. The Morgan fingerprint density at radius 2 is 1.68 bits per heavy atom. The fraction of sp³-hybridized carbons (Fsp3) is 0.200. The Kier molecular flexibility index (Phi) is 6.85. The molecule has 4 heteroatoms. The molecule has 0 fully saturated rings. The lowest BCUT2D eigenvalue weighted by molar-refractivity contribution is 0.588. The summed E-state index contributed by atoms with van der Waals surface area (Å²) < 4.78 is 13.3. The zero-order chi connectivity index (χ0) is 12.8. The molecule has 0 aliphatic rings. The number of halogens is 3. The van der Waals surface area contributed by atoms with Crippen LogP contribution in [0, 0.1) is 5.82 Å². The molecule has 1 nitrogen and oxygen atoms in total. The standard InChI is InChI=1S/C15H15ClFN.ClH/c16-14-7-5-12(6-8-14)9-10-18-11-13-3-1-2-4-15(13)17;/h1-8,18H,9-11H2;1H. The lowest BCUT2D eigenvalue weighted by Gasteiger charge is -2.06. The highest BCUT2D eigenvalue weighted by Crippen LogP contribution is 2.10. The third-order valence-corrected chi connectivity index (χ3v) is 3.03. The van der Waals surface area contributed by atoms with Crippen LogP contribution < -0.4 is 5.32 Å². The van der Waals surface area contributed by atoms with Crippen LogP contribution in [0.4, 0.5) is 4.39 Å². The molecule has 2 aromatic rings. The molecule has 0 amide bonds. The molecule has 102 valence electrons. The van der Waals surface area contributed by atoms with Crippen molar-refractivity contribution in [3.63, 3.8) is 0 Å². The number of hydrogen-bond acceptors (Lipinski definition) is 1. The first-order valence-corrected chi connectivity index (χ1v) is 6.32. The highest BCUT2D eigenvalue weighted by atomic mass is 35.5. The van der Waals surface area contributed by atoms with Crippen LogP contribution in [0.3, 0.4) is 0 Å². The van der Waals surface area contributed by atoms with E-state index in [1.54, 1.807) is 12.1 Å². The van der Waals surface area contributed by atoms with E-state index in [0.717, 1.165) is 18.0 Å². The molecule has 0 spiro atoms. The van der Waals surface area contributed by atoms with Crippen molar-refractivity contribution in [2.75, 3.05) is 6.54 Å². The van der Waals surface area contributed by atoms with Gasteiger partial charge in [0, 0.05) is 17.1 Å². The molecule has 0 saturated carbocycles. The fourth-order valence-corrected chi connectivity index (χ4v) is 1.87. The number of benzene rings is 2. The lowest BCUT2D eigenvalue weighted by atomic mass is 10.1. The van der Waals surface area contributed by atoms with Gasteiger partial charge in [-0.25, -0.2) is 4.39 Å². The smallest absolute Gasteiger partial charge is 0.127 e. The van der Waals surface area contributed by atoms with Crippen molar-refractivity contribution in [1.82, 2.24) is 5.32 Å². The van der Waals surface area contributed by atoms with Crippen molar-refractivity contribution in [3.8, 4) is 0 Å². The average molecular weight is 300 g/mol. The molecule has 0 aliphatic heterocycles. The van der Waals surface area contributed by atoms with Gasteiger partial charge in [0.25, 0.3) is 0 Å². The van der Waals surface area contributed by atoms with Gasteiger partial charge < -0.3 is 5.32 Å². The van der Waals surface area contributed by atoms with E-state index in [9.17, 15) is 4.39 Å².